The van der Waals surface area contributed by atoms with E-state index < -0.39 is 0 Å². The first-order valence-electron chi connectivity index (χ1n) is 8.19. The van der Waals surface area contributed by atoms with Gasteiger partial charge in [-0.15, -0.1) is 11.3 Å². The molecule has 0 saturated carbocycles. The lowest BCUT2D eigenvalue weighted by Crippen LogP contribution is -2.50. The Kier molecular flexibility index (Phi) is 5.35. The summed E-state index contributed by atoms with van der Waals surface area (Å²) in [5.41, 5.74) is 2.08. The lowest BCUT2D eigenvalue weighted by molar-refractivity contribution is 0.234. The van der Waals surface area contributed by atoms with Gasteiger partial charge in [-0.3, -0.25) is 0 Å². The van der Waals surface area contributed by atoms with Crippen molar-refractivity contribution in [1.29, 1.82) is 0 Å². The highest BCUT2D eigenvalue weighted by molar-refractivity contribution is 7.10. The fourth-order valence-electron chi connectivity index (χ4n) is 2.98. The van der Waals surface area contributed by atoms with Crippen LogP contribution in [0.2, 0.25) is 0 Å². The summed E-state index contributed by atoms with van der Waals surface area (Å²) < 4.78 is 13.4. The van der Waals surface area contributed by atoms with Gasteiger partial charge < -0.3 is 15.5 Å². The molecule has 128 valence electrons. The number of rotatable bonds is 4. The summed E-state index contributed by atoms with van der Waals surface area (Å²) in [5.74, 6) is -0.230. The van der Waals surface area contributed by atoms with Gasteiger partial charge in [-0.1, -0.05) is 6.07 Å². The van der Waals surface area contributed by atoms with Gasteiger partial charge in [-0.05, 0) is 55.0 Å². The predicted molar refractivity (Wildman–Crippen MR) is 96.1 cm³/mol. The standard InChI is InChI=1S/C18H22FN3OS/c1-13-7-9-24-17(13)11-20-18(23)21-15-5-3-8-22(12-15)16-6-2-4-14(19)10-16/h2,4,6-7,9-10,15H,3,5,8,11-12H2,1H3,(H2,20,21,23). The molecule has 1 aliphatic heterocycles. The van der Waals surface area contributed by atoms with Gasteiger partial charge in [0.2, 0.25) is 0 Å². The van der Waals surface area contributed by atoms with Gasteiger partial charge in [0.05, 0.1) is 6.54 Å². The molecule has 6 heteroatoms. The maximum Gasteiger partial charge on any atom is 0.315 e. The third-order valence-electron chi connectivity index (χ3n) is 4.31. The van der Waals surface area contributed by atoms with Crippen LogP contribution < -0.4 is 15.5 Å². The number of hydrogen-bond acceptors (Lipinski definition) is 3. The Labute approximate surface area is 145 Å². The van der Waals surface area contributed by atoms with Gasteiger partial charge in [0.25, 0.3) is 0 Å². The first-order chi connectivity index (χ1) is 11.6. The Morgan fingerprint density at radius 3 is 3.04 bits per heavy atom. The highest BCUT2D eigenvalue weighted by atomic mass is 32.1. The van der Waals surface area contributed by atoms with Crippen molar-refractivity contribution in [1.82, 2.24) is 10.6 Å². The second-order valence-electron chi connectivity index (χ2n) is 6.12. The van der Waals surface area contributed by atoms with Crippen LogP contribution >= 0.6 is 11.3 Å². The fraction of sp³-hybridized carbons (Fsp3) is 0.389. The Hall–Kier alpha value is -2.08. The van der Waals surface area contributed by atoms with Crippen LogP contribution in [0.15, 0.2) is 35.7 Å². The zero-order chi connectivity index (χ0) is 16.9. The normalized spacial score (nSPS) is 17.6. The molecule has 0 spiro atoms. The van der Waals surface area contributed by atoms with E-state index in [0.717, 1.165) is 25.1 Å². The summed E-state index contributed by atoms with van der Waals surface area (Å²) in [4.78, 5) is 15.4. The largest absolute Gasteiger partial charge is 0.369 e. The zero-order valence-electron chi connectivity index (χ0n) is 13.7. The maximum atomic E-state index is 13.4. The van der Waals surface area contributed by atoms with E-state index in [9.17, 15) is 9.18 Å². The molecule has 1 atom stereocenters. The average molecular weight is 347 g/mol. The Morgan fingerprint density at radius 2 is 2.29 bits per heavy atom. The molecule has 2 heterocycles. The Morgan fingerprint density at radius 1 is 1.42 bits per heavy atom. The second kappa shape index (κ2) is 7.66. The lowest BCUT2D eigenvalue weighted by Gasteiger charge is -2.34. The van der Waals surface area contributed by atoms with Crippen LogP contribution in [0.25, 0.3) is 0 Å². The second-order valence-corrected chi connectivity index (χ2v) is 7.12. The Balaban J connectivity index is 1.51. The van der Waals surface area contributed by atoms with Gasteiger partial charge in [0, 0.05) is 29.7 Å². The monoisotopic (exact) mass is 347 g/mol. The number of benzene rings is 1. The van der Waals surface area contributed by atoms with Crippen molar-refractivity contribution in [3.63, 3.8) is 0 Å². The van der Waals surface area contributed by atoms with Crippen LogP contribution in [-0.4, -0.2) is 25.2 Å². The topological polar surface area (TPSA) is 44.4 Å². The van der Waals surface area contributed by atoms with Gasteiger partial charge in [-0.2, -0.15) is 0 Å². The third-order valence-corrected chi connectivity index (χ3v) is 5.33. The SMILES string of the molecule is Cc1ccsc1CNC(=O)NC1CCCN(c2cccc(F)c2)C1. The van der Waals surface area contributed by atoms with Crippen molar-refractivity contribution in [2.24, 2.45) is 0 Å². The molecule has 24 heavy (non-hydrogen) atoms. The van der Waals surface area contributed by atoms with E-state index in [1.165, 1.54) is 16.5 Å². The number of nitrogens with one attached hydrogen (secondary N) is 2. The van der Waals surface area contributed by atoms with Crippen molar-refractivity contribution in [2.75, 3.05) is 18.0 Å². The summed E-state index contributed by atoms with van der Waals surface area (Å²) in [7, 11) is 0. The van der Waals surface area contributed by atoms with Gasteiger partial charge in [0.1, 0.15) is 5.82 Å². The number of anilines is 1. The molecule has 3 rings (SSSR count). The maximum absolute atomic E-state index is 13.4. The van der Waals surface area contributed by atoms with Crippen molar-refractivity contribution in [3.8, 4) is 0 Å². The number of amides is 2. The highest BCUT2D eigenvalue weighted by Gasteiger charge is 2.21. The van der Waals surface area contributed by atoms with E-state index in [1.54, 1.807) is 23.5 Å². The summed E-state index contributed by atoms with van der Waals surface area (Å²) >= 11 is 1.65. The molecule has 0 bridgehead atoms. The van der Waals surface area contributed by atoms with Crippen molar-refractivity contribution >= 4 is 23.1 Å². The molecule has 2 amide bonds. The highest BCUT2D eigenvalue weighted by Crippen LogP contribution is 2.21. The molecule has 0 radical (unpaired) electrons. The molecule has 2 aromatic rings. The molecule has 2 N–H and O–H groups in total. The van der Waals surface area contributed by atoms with Crippen LogP contribution in [0, 0.1) is 12.7 Å². The minimum atomic E-state index is -0.230. The number of nitrogens with zero attached hydrogens (tertiary/aromatic N) is 1. The molecule has 1 fully saturated rings. The molecule has 1 saturated heterocycles. The van der Waals surface area contributed by atoms with E-state index in [-0.39, 0.29) is 17.9 Å². The van der Waals surface area contributed by atoms with E-state index in [2.05, 4.69) is 21.6 Å². The zero-order valence-corrected chi connectivity index (χ0v) is 14.5. The average Bonchev–Trinajstić information content (AvgIpc) is 2.98. The summed E-state index contributed by atoms with van der Waals surface area (Å²) in [6, 6.07) is 8.60. The molecule has 4 nitrogen and oxygen atoms in total. The van der Waals surface area contributed by atoms with E-state index in [4.69, 9.17) is 0 Å². The lowest BCUT2D eigenvalue weighted by atomic mass is 10.1. The van der Waals surface area contributed by atoms with Crippen LogP contribution in [0.4, 0.5) is 14.9 Å². The van der Waals surface area contributed by atoms with E-state index >= 15 is 0 Å². The fourth-order valence-corrected chi connectivity index (χ4v) is 3.83. The summed E-state index contributed by atoms with van der Waals surface area (Å²) in [6.07, 6.45) is 1.92. The molecular formula is C18H22FN3OS. The number of piperidine rings is 1. The summed E-state index contributed by atoms with van der Waals surface area (Å²) in [5, 5.41) is 7.98. The molecular weight excluding hydrogens is 325 g/mol. The molecule has 1 unspecified atom stereocenters. The minimum absolute atomic E-state index is 0.0754. The van der Waals surface area contributed by atoms with Gasteiger partial charge in [0.15, 0.2) is 0 Å². The first kappa shape index (κ1) is 16.8. The van der Waals surface area contributed by atoms with Gasteiger partial charge >= 0.3 is 6.03 Å². The van der Waals surface area contributed by atoms with Crippen LogP contribution in [0.3, 0.4) is 0 Å². The summed E-state index contributed by atoms with van der Waals surface area (Å²) in [6.45, 7) is 4.19. The first-order valence-corrected chi connectivity index (χ1v) is 9.07. The van der Waals surface area contributed by atoms with E-state index in [0.29, 0.717) is 13.1 Å². The number of urea groups is 1. The van der Waals surface area contributed by atoms with Crippen LogP contribution in [0.1, 0.15) is 23.3 Å². The molecule has 0 aliphatic carbocycles. The molecule has 1 aromatic heterocycles. The third kappa shape index (κ3) is 4.26. The van der Waals surface area contributed by atoms with E-state index in [1.807, 2.05) is 18.4 Å². The number of hydrogen-bond donors (Lipinski definition) is 2. The number of carbonyl (C=O) groups is 1. The van der Waals surface area contributed by atoms with Crippen molar-refractivity contribution in [3.05, 3.63) is 52.0 Å². The number of thiophene rings is 1. The van der Waals surface area contributed by atoms with Gasteiger partial charge in [-0.25, -0.2) is 9.18 Å². The quantitative estimate of drug-likeness (QED) is 0.886. The smallest absolute Gasteiger partial charge is 0.315 e. The minimum Gasteiger partial charge on any atom is -0.369 e. The molecule has 1 aromatic carbocycles. The van der Waals surface area contributed by atoms with Crippen molar-refractivity contribution < 1.29 is 9.18 Å². The van der Waals surface area contributed by atoms with Crippen LogP contribution in [0.5, 0.6) is 0 Å². The van der Waals surface area contributed by atoms with Crippen molar-refractivity contribution in [2.45, 2.75) is 32.4 Å². The number of halogens is 1. The van der Waals surface area contributed by atoms with Crippen LogP contribution in [-0.2, 0) is 6.54 Å². The number of carbonyl (C=O) groups excluding carboxylic acids is 1. The Bertz CT molecular complexity index is 703. The number of aryl methyl sites for hydroxylation is 1. The molecule has 1 aliphatic rings. The predicted octanol–water partition coefficient (Wildman–Crippen LogP) is 3.66.